The number of carbonyl (C=O) groups is 2. The molecule has 0 aliphatic carbocycles. The Labute approximate surface area is 184 Å². The largest absolute Gasteiger partial charge is 0.497 e. The predicted molar refractivity (Wildman–Crippen MR) is 116 cm³/mol. The van der Waals surface area contributed by atoms with Crippen molar-refractivity contribution < 1.29 is 32.6 Å². The van der Waals surface area contributed by atoms with Crippen molar-refractivity contribution in [3.8, 4) is 11.5 Å². The molecule has 0 saturated heterocycles. The molecule has 0 unspecified atom stereocenters. The van der Waals surface area contributed by atoms with Crippen molar-refractivity contribution in [2.24, 2.45) is 0 Å². The van der Waals surface area contributed by atoms with E-state index in [9.17, 15) is 18.4 Å². The first-order valence-electron chi connectivity index (χ1n) is 9.99. The van der Waals surface area contributed by atoms with Crippen molar-refractivity contribution in [1.29, 1.82) is 0 Å². The molecule has 0 radical (unpaired) electrons. The van der Waals surface area contributed by atoms with Crippen LogP contribution in [0.2, 0.25) is 0 Å². The second-order valence-electron chi connectivity index (χ2n) is 8.25. The van der Waals surface area contributed by atoms with E-state index in [1.807, 2.05) is 0 Å². The number of alkyl halides is 2. The average molecular weight is 445 g/mol. The van der Waals surface area contributed by atoms with E-state index in [2.05, 4.69) is 4.74 Å². The number of aromatic nitrogens is 1. The number of nitrogens with zero attached hydrogens (tertiary/aromatic N) is 1. The summed E-state index contributed by atoms with van der Waals surface area (Å²) in [5.41, 5.74) is 1.47. The molecule has 1 heterocycles. The van der Waals surface area contributed by atoms with E-state index >= 15 is 0 Å². The highest BCUT2D eigenvalue weighted by Crippen LogP contribution is 2.31. The smallest absolute Gasteiger partial charge is 0.387 e. The van der Waals surface area contributed by atoms with E-state index in [-0.39, 0.29) is 23.6 Å². The van der Waals surface area contributed by atoms with Crippen LogP contribution in [0.4, 0.5) is 8.78 Å². The number of hydrogen-bond acceptors (Lipinski definition) is 5. The molecule has 0 fully saturated rings. The molecule has 1 aromatic heterocycles. The highest BCUT2D eigenvalue weighted by Gasteiger charge is 2.24. The molecule has 2 aromatic carbocycles. The molecule has 3 aromatic rings. The van der Waals surface area contributed by atoms with Gasteiger partial charge in [-0.25, -0.2) is 0 Å². The molecule has 6 nitrogen and oxygen atoms in total. The summed E-state index contributed by atoms with van der Waals surface area (Å²) in [5, 5.41) is 0.693. The zero-order chi connectivity index (χ0) is 23.6. The van der Waals surface area contributed by atoms with Crippen LogP contribution in [0.1, 0.15) is 42.4 Å². The predicted octanol–water partition coefficient (Wildman–Crippen LogP) is 5.13. The molecule has 8 heteroatoms. The Bertz CT molecular complexity index is 1140. The van der Waals surface area contributed by atoms with Gasteiger partial charge in [0.2, 0.25) is 0 Å². The van der Waals surface area contributed by atoms with E-state index in [1.165, 1.54) is 35.9 Å². The summed E-state index contributed by atoms with van der Waals surface area (Å²) in [6.45, 7) is 4.16. The lowest BCUT2D eigenvalue weighted by molar-refractivity contribution is -0.153. The van der Waals surface area contributed by atoms with Gasteiger partial charge in [-0.3, -0.25) is 14.2 Å². The van der Waals surface area contributed by atoms with Crippen LogP contribution in [0.3, 0.4) is 0 Å². The minimum absolute atomic E-state index is 0.0196. The van der Waals surface area contributed by atoms with Crippen LogP contribution in [0.5, 0.6) is 11.5 Å². The molecule has 0 aliphatic rings. The van der Waals surface area contributed by atoms with E-state index in [0.29, 0.717) is 27.9 Å². The Kier molecular flexibility index (Phi) is 6.52. The lowest BCUT2D eigenvalue weighted by atomic mass is 10.1. The van der Waals surface area contributed by atoms with E-state index < -0.39 is 18.2 Å². The van der Waals surface area contributed by atoms with Gasteiger partial charge in [-0.15, -0.1) is 0 Å². The van der Waals surface area contributed by atoms with Crippen LogP contribution < -0.4 is 9.47 Å². The topological polar surface area (TPSA) is 66.8 Å². The Morgan fingerprint density at radius 3 is 2.22 bits per heavy atom. The fourth-order valence-electron chi connectivity index (χ4n) is 3.50. The highest BCUT2D eigenvalue weighted by molar-refractivity contribution is 6.05. The van der Waals surface area contributed by atoms with E-state index in [4.69, 9.17) is 9.47 Å². The molecular formula is C24H25F2NO5. The fraction of sp³-hybridized carbons (Fsp3) is 0.333. The van der Waals surface area contributed by atoms with Gasteiger partial charge in [0, 0.05) is 16.6 Å². The minimum atomic E-state index is -2.95. The molecule has 0 aliphatic heterocycles. The summed E-state index contributed by atoms with van der Waals surface area (Å²) in [6, 6.07) is 10.7. The number of carbonyl (C=O) groups excluding carboxylic acids is 2. The molecule has 0 bridgehead atoms. The number of rotatable bonds is 6. The number of fused-ring (bicyclic) bond motifs is 1. The Balaban J connectivity index is 2.06. The average Bonchev–Trinajstić information content (AvgIpc) is 2.97. The van der Waals surface area contributed by atoms with E-state index in [1.54, 1.807) is 45.9 Å². The second-order valence-corrected chi connectivity index (χ2v) is 8.25. The van der Waals surface area contributed by atoms with Gasteiger partial charge in [0.15, 0.2) is 0 Å². The first-order chi connectivity index (χ1) is 15.0. The normalized spacial score (nSPS) is 11.6. The van der Waals surface area contributed by atoms with Gasteiger partial charge in [0.25, 0.3) is 5.91 Å². The first kappa shape index (κ1) is 23.2. The Morgan fingerprint density at radius 1 is 1.03 bits per heavy atom. The molecule has 0 atom stereocenters. The van der Waals surface area contributed by atoms with Crippen molar-refractivity contribution in [1.82, 2.24) is 4.57 Å². The van der Waals surface area contributed by atoms with Crippen molar-refractivity contribution in [3.63, 3.8) is 0 Å². The van der Waals surface area contributed by atoms with Crippen molar-refractivity contribution in [2.45, 2.75) is 46.3 Å². The number of benzene rings is 2. The van der Waals surface area contributed by atoms with Gasteiger partial charge in [-0.1, -0.05) is 0 Å². The molecule has 0 amide bonds. The summed E-state index contributed by atoms with van der Waals surface area (Å²) >= 11 is 0. The van der Waals surface area contributed by atoms with Crippen LogP contribution in [-0.4, -0.2) is 35.8 Å². The van der Waals surface area contributed by atoms with Crippen molar-refractivity contribution in [3.05, 3.63) is 59.3 Å². The summed E-state index contributed by atoms with van der Waals surface area (Å²) in [7, 11) is 1.53. The third kappa shape index (κ3) is 5.07. The molecular weight excluding hydrogens is 420 g/mol. The second kappa shape index (κ2) is 8.98. The SMILES string of the molecule is COc1ccc2c(c1)c(CC(=O)OC(C)(C)C)c(C)n2C(=O)c1ccc(OC(F)F)cc1. The van der Waals surface area contributed by atoms with Gasteiger partial charge < -0.3 is 14.2 Å². The third-order valence-electron chi connectivity index (χ3n) is 4.81. The number of halogens is 2. The van der Waals surface area contributed by atoms with Gasteiger partial charge in [0.1, 0.15) is 17.1 Å². The minimum Gasteiger partial charge on any atom is -0.497 e. The monoisotopic (exact) mass is 445 g/mol. The summed E-state index contributed by atoms with van der Waals surface area (Å²) < 4.78 is 41.4. The maximum atomic E-state index is 13.3. The number of esters is 1. The zero-order valence-corrected chi connectivity index (χ0v) is 18.6. The number of hydrogen-bond donors (Lipinski definition) is 0. The number of ether oxygens (including phenoxy) is 3. The van der Waals surface area contributed by atoms with Crippen LogP contribution >= 0.6 is 0 Å². The van der Waals surface area contributed by atoms with Gasteiger partial charge >= 0.3 is 12.6 Å². The Morgan fingerprint density at radius 2 is 1.66 bits per heavy atom. The lowest BCUT2D eigenvalue weighted by Crippen LogP contribution is -2.25. The van der Waals surface area contributed by atoms with Gasteiger partial charge in [-0.2, -0.15) is 8.78 Å². The maximum Gasteiger partial charge on any atom is 0.387 e. The first-order valence-corrected chi connectivity index (χ1v) is 9.99. The van der Waals surface area contributed by atoms with Gasteiger partial charge in [-0.05, 0) is 75.7 Å². The standard InChI is InChI=1S/C24H25F2NO5/c1-14-18(13-21(28)32-24(2,3)4)19-12-17(30-5)10-11-20(19)27(14)22(29)15-6-8-16(9-7-15)31-23(25)26/h6-12,23H,13H2,1-5H3. The molecule has 0 N–H and O–H groups in total. The summed E-state index contributed by atoms with van der Waals surface area (Å²) in [6.07, 6.45) is -0.0196. The van der Waals surface area contributed by atoms with Crippen LogP contribution in [-0.2, 0) is 16.0 Å². The third-order valence-corrected chi connectivity index (χ3v) is 4.81. The maximum absolute atomic E-state index is 13.3. The number of methoxy groups -OCH3 is 1. The quantitative estimate of drug-likeness (QED) is 0.492. The summed E-state index contributed by atoms with van der Waals surface area (Å²) in [5.74, 6) is -0.234. The van der Waals surface area contributed by atoms with Crippen LogP contribution in [0.25, 0.3) is 10.9 Å². The molecule has 0 saturated carbocycles. The van der Waals surface area contributed by atoms with Gasteiger partial charge in [0.05, 0.1) is 19.0 Å². The van der Waals surface area contributed by atoms with Crippen LogP contribution in [0, 0.1) is 6.92 Å². The Hall–Kier alpha value is -3.42. The fourth-order valence-corrected chi connectivity index (χ4v) is 3.50. The zero-order valence-electron chi connectivity index (χ0n) is 18.6. The van der Waals surface area contributed by atoms with Crippen LogP contribution in [0.15, 0.2) is 42.5 Å². The molecule has 0 spiro atoms. The molecule has 3 rings (SSSR count). The molecule has 32 heavy (non-hydrogen) atoms. The highest BCUT2D eigenvalue weighted by atomic mass is 19.3. The van der Waals surface area contributed by atoms with Crippen molar-refractivity contribution in [2.75, 3.05) is 7.11 Å². The summed E-state index contributed by atoms with van der Waals surface area (Å²) in [4.78, 5) is 25.9. The van der Waals surface area contributed by atoms with E-state index in [0.717, 1.165) is 0 Å². The molecule has 170 valence electrons. The lowest BCUT2D eigenvalue weighted by Gasteiger charge is -2.19. The van der Waals surface area contributed by atoms with Crippen molar-refractivity contribution >= 4 is 22.8 Å².